The first-order valence-corrected chi connectivity index (χ1v) is 9.26. The highest BCUT2D eigenvalue weighted by Gasteiger charge is 2.38. The van der Waals surface area contributed by atoms with Crippen LogP contribution in [0.25, 0.3) is 0 Å². The average Bonchev–Trinajstić information content (AvgIpc) is 3.04. The number of para-hydroxylation sites is 1. The van der Waals surface area contributed by atoms with Crippen molar-refractivity contribution in [2.75, 3.05) is 5.32 Å². The molecule has 0 amide bonds. The van der Waals surface area contributed by atoms with Crippen molar-refractivity contribution in [1.82, 2.24) is 0 Å². The van der Waals surface area contributed by atoms with Crippen molar-refractivity contribution >= 4 is 21.6 Å². The fourth-order valence-electron chi connectivity index (χ4n) is 4.13. The van der Waals surface area contributed by atoms with E-state index in [0.717, 1.165) is 10.9 Å². The molecule has 1 N–H and O–H groups in total. The van der Waals surface area contributed by atoms with Crippen LogP contribution in [0.5, 0.6) is 0 Å². The molecule has 2 aliphatic rings. The number of fused-ring (bicyclic) bond motifs is 3. The minimum Gasteiger partial charge on any atom is -0.377 e. The minimum atomic E-state index is 0.385. The maximum atomic E-state index is 3.90. The molecular weight excluding hydrogens is 346 g/mol. The molecule has 0 saturated carbocycles. The van der Waals surface area contributed by atoms with Crippen molar-refractivity contribution in [2.45, 2.75) is 38.1 Å². The molecule has 2 heteroatoms. The summed E-state index contributed by atoms with van der Waals surface area (Å²) in [5.41, 5.74) is 5.66. The van der Waals surface area contributed by atoms with Crippen LogP contribution >= 0.6 is 15.9 Å². The molecule has 1 aliphatic carbocycles. The highest BCUT2D eigenvalue weighted by Crippen LogP contribution is 2.51. The Morgan fingerprint density at radius 2 is 1.87 bits per heavy atom. The summed E-state index contributed by atoms with van der Waals surface area (Å²) in [7, 11) is 0. The van der Waals surface area contributed by atoms with E-state index in [2.05, 4.69) is 89.7 Å². The minimum absolute atomic E-state index is 0.385. The summed E-state index contributed by atoms with van der Waals surface area (Å²) in [6.07, 6.45) is 5.93. The Kier molecular flexibility index (Phi) is 3.81. The van der Waals surface area contributed by atoms with Crippen molar-refractivity contribution in [2.24, 2.45) is 5.92 Å². The van der Waals surface area contributed by atoms with Gasteiger partial charge in [0.1, 0.15) is 0 Å². The second kappa shape index (κ2) is 5.83. The van der Waals surface area contributed by atoms with E-state index in [1.54, 1.807) is 0 Å². The third kappa shape index (κ3) is 2.53. The molecule has 1 aliphatic heterocycles. The molecule has 0 bridgehead atoms. The summed E-state index contributed by atoms with van der Waals surface area (Å²) in [4.78, 5) is 0. The lowest BCUT2D eigenvalue weighted by Crippen LogP contribution is -2.29. The van der Waals surface area contributed by atoms with Crippen LogP contribution in [0.15, 0.2) is 59.1 Å². The van der Waals surface area contributed by atoms with Gasteiger partial charge in [-0.3, -0.25) is 0 Å². The van der Waals surface area contributed by atoms with E-state index in [-0.39, 0.29) is 0 Å². The number of allylic oxidation sites excluding steroid dienone is 2. The summed E-state index contributed by atoms with van der Waals surface area (Å²) < 4.78 is 1.14. The number of benzene rings is 2. The standard InChI is InChI=1S/C21H22BrN/c1-13(2)16-5-3-8-19-17-6-4-7-18(17)20(23-21(16)19)14-9-11-15(22)12-10-14/h3-6,8-13,17-18,20,23H,7H2,1-2H3/t17-,18+,20+/m0/s1. The van der Waals surface area contributed by atoms with E-state index in [1.807, 2.05) is 0 Å². The summed E-state index contributed by atoms with van der Waals surface area (Å²) in [6.45, 7) is 4.56. The fraction of sp³-hybridized carbons (Fsp3) is 0.333. The molecule has 118 valence electrons. The smallest absolute Gasteiger partial charge is 0.0554 e. The van der Waals surface area contributed by atoms with E-state index in [4.69, 9.17) is 0 Å². The number of rotatable bonds is 2. The Hall–Kier alpha value is -1.54. The number of halogens is 1. The molecule has 23 heavy (non-hydrogen) atoms. The van der Waals surface area contributed by atoms with Gasteiger partial charge in [0.05, 0.1) is 6.04 Å². The lowest BCUT2D eigenvalue weighted by Gasteiger charge is -2.39. The molecule has 3 atom stereocenters. The van der Waals surface area contributed by atoms with E-state index in [9.17, 15) is 0 Å². The molecule has 0 fully saturated rings. The van der Waals surface area contributed by atoms with E-state index in [0.29, 0.717) is 23.8 Å². The van der Waals surface area contributed by atoms with Gasteiger partial charge in [0.2, 0.25) is 0 Å². The van der Waals surface area contributed by atoms with Gasteiger partial charge in [-0.2, -0.15) is 0 Å². The first kappa shape index (κ1) is 15.0. The Labute approximate surface area is 146 Å². The van der Waals surface area contributed by atoms with Crippen LogP contribution in [0.2, 0.25) is 0 Å². The molecule has 2 aromatic rings. The molecule has 0 unspecified atom stereocenters. The average molecular weight is 368 g/mol. The van der Waals surface area contributed by atoms with Crippen molar-refractivity contribution < 1.29 is 0 Å². The molecule has 0 spiro atoms. The van der Waals surface area contributed by atoms with Crippen LogP contribution in [-0.4, -0.2) is 0 Å². The van der Waals surface area contributed by atoms with Gasteiger partial charge in [0, 0.05) is 16.1 Å². The monoisotopic (exact) mass is 367 g/mol. The van der Waals surface area contributed by atoms with Crippen LogP contribution in [0.4, 0.5) is 5.69 Å². The van der Waals surface area contributed by atoms with Crippen LogP contribution in [-0.2, 0) is 0 Å². The normalized spacial score (nSPS) is 25.1. The SMILES string of the molecule is CC(C)c1cccc2c1N[C@H](c1ccc(Br)cc1)[C@@H]1CC=C[C@H]21. The van der Waals surface area contributed by atoms with Crippen LogP contribution in [0, 0.1) is 5.92 Å². The first-order valence-electron chi connectivity index (χ1n) is 8.46. The summed E-state index contributed by atoms with van der Waals surface area (Å²) in [5.74, 6) is 1.69. The van der Waals surface area contributed by atoms with E-state index < -0.39 is 0 Å². The topological polar surface area (TPSA) is 12.0 Å². The Morgan fingerprint density at radius 3 is 2.61 bits per heavy atom. The predicted molar refractivity (Wildman–Crippen MR) is 101 cm³/mol. The molecule has 2 aromatic carbocycles. The maximum Gasteiger partial charge on any atom is 0.0554 e. The Morgan fingerprint density at radius 1 is 1.09 bits per heavy atom. The molecule has 1 nitrogen and oxygen atoms in total. The van der Waals surface area contributed by atoms with Crippen LogP contribution in [0.1, 0.15) is 54.8 Å². The van der Waals surface area contributed by atoms with Gasteiger partial charge in [0.15, 0.2) is 0 Å². The van der Waals surface area contributed by atoms with Gasteiger partial charge in [-0.15, -0.1) is 0 Å². The van der Waals surface area contributed by atoms with Crippen molar-refractivity contribution in [3.63, 3.8) is 0 Å². The third-order valence-corrected chi connectivity index (χ3v) is 5.81. The largest absolute Gasteiger partial charge is 0.377 e. The lowest BCUT2D eigenvalue weighted by atomic mass is 9.75. The Bertz CT molecular complexity index is 745. The zero-order chi connectivity index (χ0) is 16.0. The second-order valence-electron chi connectivity index (χ2n) is 6.99. The van der Waals surface area contributed by atoms with Gasteiger partial charge in [-0.1, -0.05) is 72.3 Å². The molecule has 0 saturated heterocycles. The van der Waals surface area contributed by atoms with Gasteiger partial charge >= 0.3 is 0 Å². The second-order valence-corrected chi connectivity index (χ2v) is 7.91. The van der Waals surface area contributed by atoms with Gasteiger partial charge in [-0.05, 0) is 47.1 Å². The summed E-state index contributed by atoms with van der Waals surface area (Å²) in [6, 6.07) is 16.0. The van der Waals surface area contributed by atoms with Crippen molar-refractivity contribution in [3.05, 3.63) is 75.8 Å². The molecule has 0 aromatic heterocycles. The Balaban J connectivity index is 1.82. The zero-order valence-corrected chi connectivity index (χ0v) is 15.2. The van der Waals surface area contributed by atoms with Gasteiger partial charge in [0.25, 0.3) is 0 Å². The number of anilines is 1. The first-order chi connectivity index (χ1) is 11.1. The quantitative estimate of drug-likeness (QED) is 0.605. The summed E-state index contributed by atoms with van der Waals surface area (Å²) >= 11 is 3.55. The summed E-state index contributed by atoms with van der Waals surface area (Å²) in [5, 5.41) is 3.90. The maximum absolute atomic E-state index is 3.90. The predicted octanol–water partition coefficient (Wildman–Crippen LogP) is 6.40. The highest BCUT2D eigenvalue weighted by atomic mass is 79.9. The number of nitrogens with one attached hydrogen (secondary N) is 1. The third-order valence-electron chi connectivity index (χ3n) is 5.28. The highest BCUT2D eigenvalue weighted by molar-refractivity contribution is 9.10. The molecule has 4 rings (SSSR count). The molecule has 1 heterocycles. The zero-order valence-electron chi connectivity index (χ0n) is 13.6. The van der Waals surface area contributed by atoms with E-state index in [1.165, 1.54) is 22.4 Å². The number of hydrogen-bond acceptors (Lipinski definition) is 1. The van der Waals surface area contributed by atoms with Gasteiger partial charge in [-0.25, -0.2) is 0 Å². The van der Waals surface area contributed by atoms with E-state index >= 15 is 0 Å². The van der Waals surface area contributed by atoms with Crippen LogP contribution < -0.4 is 5.32 Å². The lowest BCUT2D eigenvalue weighted by molar-refractivity contribution is 0.424. The van der Waals surface area contributed by atoms with Crippen molar-refractivity contribution in [3.8, 4) is 0 Å². The van der Waals surface area contributed by atoms with Crippen molar-refractivity contribution in [1.29, 1.82) is 0 Å². The molecule has 0 radical (unpaired) electrons. The van der Waals surface area contributed by atoms with Crippen LogP contribution in [0.3, 0.4) is 0 Å². The molecular formula is C21H22BrN. The number of hydrogen-bond donors (Lipinski definition) is 1. The van der Waals surface area contributed by atoms with Gasteiger partial charge < -0.3 is 5.32 Å². The fourth-order valence-corrected chi connectivity index (χ4v) is 4.39.